The van der Waals surface area contributed by atoms with E-state index in [1.807, 2.05) is 32.0 Å². The summed E-state index contributed by atoms with van der Waals surface area (Å²) in [5.74, 6) is -0.202. The molecule has 2 amide bonds. The molecular weight excluding hydrogens is 266 g/mol. The largest absolute Gasteiger partial charge is 0.385 e. The molecule has 21 heavy (non-hydrogen) atoms. The van der Waals surface area contributed by atoms with Crippen molar-refractivity contribution in [3.05, 3.63) is 29.3 Å². The lowest BCUT2D eigenvalue weighted by molar-refractivity contribution is -0.128. The van der Waals surface area contributed by atoms with E-state index in [1.54, 1.807) is 7.05 Å². The third-order valence-electron chi connectivity index (χ3n) is 3.87. The van der Waals surface area contributed by atoms with Crippen molar-refractivity contribution in [3.63, 3.8) is 0 Å². The highest BCUT2D eigenvalue weighted by atomic mass is 16.2. The van der Waals surface area contributed by atoms with E-state index in [1.165, 1.54) is 0 Å². The maximum absolute atomic E-state index is 12.4. The molecule has 1 aliphatic rings. The Hall–Kier alpha value is -2.04. The van der Waals surface area contributed by atoms with Crippen molar-refractivity contribution in [3.8, 4) is 0 Å². The van der Waals surface area contributed by atoms with Gasteiger partial charge < -0.3 is 16.0 Å². The SMILES string of the molecule is CNC(=O)C(C)(C)CNC(=O)c1cccc2c1CCCN2. The maximum atomic E-state index is 12.4. The molecular formula is C16H23N3O2. The van der Waals surface area contributed by atoms with Gasteiger partial charge in [-0.1, -0.05) is 6.07 Å². The molecule has 0 radical (unpaired) electrons. The fourth-order valence-corrected chi connectivity index (χ4v) is 2.54. The van der Waals surface area contributed by atoms with Crippen molar-refractivity contribution in [1.82, 2.24) is 10.6 Å². The topological polar surface area (TPSA) is 70.2 Å². The smallest absolute Gasteiger partial charge is 0.251 e. The standard InChI is InChI=1S/C16H23N3O2/c1-16(2,15(21)17-3)10-19-14(20)12-6-4-8-13-11(12)7-5-9-18-13/h4,6,8,18H,5,7,9-10H2,1-3H3,(H,17,21)(H,19,20). The first-order valence-corrected chi connectivity index (χ1v) is 7.32. The monoisotopic (exact) mass is 289 g/mol. The Morgan fingerprint density at radius 1 is 1.33 bits per heavy atom. The van der Waals surface area contributed by atoms with Crippen LogP contribution in [0.5, 0.6) is 0 Å². The molecule has 0 saturated carbocycles. The van der Waals surface area contributed by atoms with Crippen LogP contribution in [0.15, 0.2) is 18.2 Å². The number of carbonyl (C=O) groups excluding carboxylic acids is 2. The number of hydrogen-bond acceptors (Lipinski definition) is 3. The first-order chi connectivity index (χ1) is 9.95. The van der Waals surface area contributed by atoms with Gasteiger partial charge in [0.05, 0.1) is 5.41 Å². The Balaban J connectivity index is 2.10. The second kappa shape index (κ2) is 6.16. The Bertz CT molecular complexity index is 552. The van der Waals surface area contributed by atoms with Crippen LogP contribution in [0.4, 0.5) is 5.69 Å². The summed E-state index contributed by atoms with van der Waals surface area (Å²) in [7, 11) is 1.60. The van der Waals surface area contributed by atoms with E-state index in [2.05, 4.69) is 16.0 Å². The van der Waals surface area contributed by atoms with Gasteiger partial charge in [-0.25, -0.2) is 0 Å². The van der Waals surface area contributed by atoms with Gasteiger partial charge in [0.15, 0.2) is 0 Å². The molecule has 3 N–H and O–H groups in total. The number of amides is 2. The van der Waals surface area contributed by atoms with Gasteiger partial charge >= 0.3 is 0 Å². The summed E-state index contributed by atoms with van der Waals surface area (Å²) >= 11 is 0. The number of nitrogens with one attached hydrogen (secondary N) is 3. The molecule has 5 nitrogen and oxygen atoms in total. The molecule has 0 atom stereocenters. The van der Waals surface area contributed by atoms with Gasteiger partial charge in [-0.05, 0) is 44.4 Å². The molecule has 0 spiro atoms. The van der Waals surface area contributed by atoms with Crippen LogP contribution in [0, 0.1) is 5.41 Å². The molecule has 0 unspecified atom stereocenters. The maximum Gasteiger partial charge on any atom is 0.251 e. The van der Waals surface area contributed by atoms with Crippen molar-refractivity contribution in [2.75, 3.05) is 25.5 Å². The average Bonchev–Trinajstić information content (AvgIpc) is 2.51. The van der Waals surface area contributed by atoms with E-state index in [-0.39, 0.29) is 11.8 Å². The zero-order valence-electron chi connectivity index (χ0n) is 12.9. The van der Waals surface area contributed by atoms with E-state index < -0.39 is 5.41 Å². The van der Waals surface area contributed by atoms with Crippen LogP contribution < -0.4 is 16.0 Å². The van der Waals surface area contributed by atoms with Gasteiger partial charge in [-0.2, -0.15) is 0 Å². The fourth-order valence-electron chi connectivity index (χ4n) is 2.54. The zero-order valence-corrected chi connectivity index (χ0v) is 12.9. The zero-order chi connectivity index (χ0) is 15.5. The molecule has 0 fully saturated rings. The van der Waals surface area contributed by atoms with Gasteiger partial charge in [0, 0.05) is 31.4 Å². The molecule has 1 aromatic rings. The minimum Gasteiger partial charge on any atom is -0.385 e. The minimum atomic E-state index is -0.627. The van der Waals surface area contributed by atoms with Gasteiger partial charge in [-0.3, -0.25) is 9.59 Å². The van der Waals surface area contributed by atoms with Crippen molar-refractivity contribution in [2.45, 2.75) is 26.7 Å². The number of hydrogen-bond donors (Lipinski definition) is 3. The minimum absolute atomic E-state index is 0.0837. The van der Waals surface area contributed by atoms with Crippen molar-refractivity contribution >= 4 is 17.5 Å². The molecule has 0 aliphatic carbocycles. The van der Waals surface area contributed by atoms with Gasteiger partial charge in [0.1, 0.15) is 0 Å². The van der Waals surface area contributed by atoms with Crippen molar-refractivity contribution in [2.24, 2.45) is 5.41 Å². The summed E-state index contributed by atoms with van der Waals surface area (Å²) in [6.45, 7) is 4.88. The normalized spacial score (nSPS) is 13.9. The second-order valence-corrected chi connectivity index (χ2v) is 6.01. The van der Waals surface area contributed by atoms with E-state index >= 15 is 0 Å². The molecule has 0 aromatic heterocycles. The number of fused-ring (bicyclic) bond motifs is 1. The summed E-state index contributed by atoms with van der Waals surface area (Å²) < 4.78 is 0. The second-order valence-electron chi connectivity index (χ2n) is 6.01. The highest BCUT2D eigenvalue weighted by molar-refractivity contribution is 5.97. The Morgan fingerprint density at radius 3 is 2.81 bits per heavy atom. The van der Waals surface area contributed by atoms with Crippen LogP contribution in [-0.4, -0.2) is 32.0 Å². The predicted octanol–water partition coefficient (Wildman–Crippen LogP) is 1.55. The van der Waals surface area contributed by atoms with Gasteiger partial charge in [-0.15, -0.1) is 0 Å². The average molecular weight is 289 g/mol. The lowest BCUT2D eigenvalue weighted by Gasteiger charge is -2.24. The number of anilines is 1. The molecule has 0 bridgehead atoms. The van der Waals surface area contributed by atoms with E-state index in [4.69, 9.17) is 0 Å². The number of benzene rings is 1. The summed E-state index contributed by atoms with van der Waals surface area (Å²) in [5.41, 5.74) is 2.18. The highest BCUT2D eigenvalue weighted by Crippen LogP contribution is 2.25. The quantitative estimate of drug-likeness (QED) is 0.787. The Labute approximate surface area is 125 Å². The van der Waals surface area contributed by atoms with Crippen LogP contribution >= 0.6 is 0 Å². The predicted molar refractivity (Wildman–Crippen MR) is 83.4 cm³/mol. The van der Waals surface area contributed by atoms with E-state index in [0.29, 0.717) is 12.1 Å². The first-order valence-electron chi connectivity index (χ1n) is 7.32. The lowest BCUT2D eigenvalue weighted by atomic mass is 9.91. The van der Waals surface area contributed by atoms with Gasteiger partial charge in [0.25, 0.3) is 5.91 Å². The van der Waals surface area contributed by atoms with Gasteiger partial charge in [0.2, 0.25) is 5.91 Å². The summed E-state index contributed by atoms with van der Waals surface area (Å²) in [6, 6.07) is 5.73. The van der Waals surface area contributed by atoms with Crippen LogP contribution in [-0.2, 0) is 11.2 Å². The van der Waals surface area contributed by atoms with E-state index in [0.717, 1.165) is 30.6 Å². The van der Waals surface area contributed by atoms with Crippen molar-refractivity contribution < 1.29 is 9.59 Å². The Morgan fingerprint density at radius 2 is 2.10 bits per heavy atom. The molecule has 2 rings (SSSR count). The third kappa shape index (κ3) is 3.35. The van der Waals surface area contributed by atoms with Crippen molar-refractivity contribution in [1.29, 1.82) is 0 Å². The number of rotatable bonds is 4. The summed E-state index contributed by atoms with van der Waals surface area (Å²) in [4.78, 5) is 24.1. The molecule has 1 aliphatic heterocycles. The molecule has 1 aromatic carbocycles. The van der Waals surface area contributed by atoms with Crippen LogP contribution in [0.3, 0.4) is 0 Å². The summed E-state index contributed by atoms with van der Waals surface area (Å²) in [6.07, 6.45) is 1.94. The fraction of sp³-hybridized carbons (Fsp3) is 0.500. The summed E-state index contributed by atoms with van der Waals surface area (Å²) in [5, 5.41) is 8.81. The van der Waals surface area contributed by atoms with E-state index in [9.17, 15) is 9.59 Å². The lowest BCUT2D eigenvalue weighted by Crippen LogP contribution is -2.43. The van der Waals surface area contributed by atoms with Crippen LogP contribution in [0.25, 0.3) is 0 Å². The van der Waals surface area contributed by atoms with Crippen LogP contribution in [0.1, 0.15) is 36.2 Å². The third-order valence-corrected chi connectivity index (χ3v) is 3.87. The molecule has 0 saturated heterocycles. The molecule has 5 heteroatoms. The molecule has 114 valence electrons. The van der Waals surface area contributed by atoms with Crippen LogP contribution in [0.2, 0.25) is 0 Å². The Kier molecular flexibility index (Phi) is 4.50. The molecule has 1 heterocycles. The number of carbonyl (C=O) groups is 2. The first kappa shape index (κ1) is 15.4. The highest BCUT2D eigenvalue weighted by Gasteiger charge is 2.27.